The smallest absolute Gasteiger partial charge is 0.335 e. The van der Waals surface area contributed by atoms with Gasteiger partial charge in [0.15, 0.2) is 0 Å². The fraction of sp³-hybridized carbons (Fsp3) is 0.414. The maximum atomic E-state index is 11.5. The molecule has 2 atom stereocenters. The van der Waals surface area contributed by atoms with Gasteiger partial charge in [-0.15, -0.1) is 0 Å². The van der Waals surface area contributed by atoms with Gasteiger partial charge in [0.05, 0.1) is 12.7 Å². The van der Waals surface area contributed by atoms with Gasteiger partial charge in [-0.1, -0.05) is 24.3 Å². The third-order valence-electron chi connectivity index (χ3n) is 8.80. The van der Waals surface area contributed by atoms with Crippen molar-refractivity contribution >= 4 is 16.9 Å². The van der Waals surface area contributed by atoms with Crippen molar-refractivity contribution in [1.82, 2.24) is 9.88 Å². The topological polar surface area (TPSA) is 65.6 Å². The molecule has 2 bridgehead atoms. The Morgan fingerprint density at radius 1 is 1.26 bits per heavy atom. The Bertz CT molecular complexity index is 1300. The quantitative estimate of drug-likeness (QED) is 0.451. The Morgan fingerprint density at radius 2 is 2.03 bits per heavy atom. The number of ether oxygens (including phenoxy) is 1. The molecule has 2 aromatic carbocycles. The second-order valence-corrected chi connectivity index (χ2v) is 10.9. The number of aromatic carboxylic acids is 1. The summed E-state index contributed by atoms with van der Waals surface area (Å²) < 4.78 is 5.89. The maximum Gasteiger partial charge on any atom is 0.335 e. The number of aromatic amines is 1. The molecule has 0 radical (unpaired) electrons. The van der Waals surface area contributed by atoms with Crippen LogP contribution in [0.1, 0.15) is 65.6 Å². The van der Waals surface area contributed by atoms with Crippen LogP contribution in [0.4, 0.5) is 0 Å². The summed E-state index contributed by atoms with van der Waals surface area (Å²) in [6.07, 6.45) is 8.85. The average Bonchev–Trinajstić information content (AvgIpc) is 3.37. The van der Waals surface area contributed by atoms with Crippen molar-refractivity contribution in [1.29, 1.82) is 0 Å². The molecule has 3 aliphatic rings. The fourth-order valence-electron chi connectivity index (χ4n) is 7.49. The summed E-state index contributed by atoms with van der Waals surface area (Å²) in [5.41, 5.74) is 6.79. The number of hydrogen-bond acceptors (Lipinski definition) is 3. The molecule has 3 aromatic rings. The van der Waals surface area contributed by atoms with Gasteiger partial charge in [-0.3, -0.25) is 4.90 Å². The fourth-order valence-corrected chi connectivity index (χ4v) is 7.49. The molecule has 6 rings (SSSR count). The molecule has 1 saturated carbocycles. The maximum absolute atomic E-state index is 11.5. The first-order valence-corrected chi connectivity index (χ1v) is 12.2. The standard InChI is InChI=1S/C29H32N2O3/c1-18-13-28(14-18)15-22-8-10-29(17-28,21-6-4-20(5-7-21)27(32)33)31(22)16-24-23-9-11-30-26(23)19(2)12-25(24)34-3/h4-7,9,11-12,22,30H,1,8,10,13-17H2,2-3H3,(H,32,33). The van der Waals surface area contributed by atoms with Crippen molar-refractivity contribution in [3.05, 3.63) is 77.0 Å². The van der Waals surface area contributed by atoms with Crippen LogP contribution >= 0.6 is 0 Å². The largest absolute Gasteiger partial charge is 0.496 e. The number of H-pyrrole nitrogens is 1. The summed E-state index contributed by atoms with van der Waals surface area (Å²) in [7, 11) is 1.76. The van der Waals surface area contributed by atoms with Crippen LogP contribution in [0, 0.1) is 12.3 Å². The second kappa shape index (κ2) is 7.47. The van der Waals surface area contributed by atoms with Gasteiger partial charge in [0.2, 0.25) is 0 Å². The lowest BCUT2D eigenvalue weighted by molar-refractivity contribution is -0.0497. The van der Waals surface area contributed by atoms with Crippen LogP contribution in [0.5, 0.6) is 5.75 Å². The zero-order valence-electron chi connectivity index (χ0n) is 20.0. The number of nitrogens with one attached hydrogen (secondary N) is 1. The molecule has 3 fully saturated rings. The number of benzene rings is 2. The van der Waals surface area contributed by atoms with E-state index in [9.17, 15) is 9.90 Å². The Hall–Kier alpha value is -3.05. The van der Waals surface area contributed by atoms with E-state index in [0.717, 1.165) is 38.0 Å². The number of nitrogens with zero attached hydrogens (tertiary/aromatic N) is 1. The summed E-state index contributed by atoms with van der Waals surface area (Å²) in [4.78, 5) is 17.6. The third kappa shape index (κ3) is 3.06. The van der Waals surface area contributed by atoms with Crippen LogP contribution in [0.15, 0.2) is 54.7 Å². The van der Waals surface area contributed by atoms with Crippen LogP contribution in [0.25, 0.3) is 10.9 Å². The van der Waals surface area contributed by atoms with Gasteiger partial charge in [-0.2, -0.15) is 0 Å². The lowest BCUT2D eigenvalue weighted by Crippen LogP contribution is -2.55. The van der Waals surface area contributed by atoms with Crippen molar-refractivity contribution in [2.75, 3.05) is 7.11 Å². The number of piperidine rings is 1. The van der Waals surface area contributed by atoms with Crippen LogP contribution < -0.4 is 4.74 Å². The molecule has 1 aliphatic carbocycles. The predicted molar refractivity (Wildman–Crippen MR) is 133 cm³/mol. The molecule has 2 saturated heterocycles. The number of hydrogen-bond donors (Lipinski definition) is 2. The SMILES string of the molecule is C=C1CC2(C1)CC1CCC(c3ccc(C(=O)O)cc3)(C2)N1Cc1c(OC)cc(C)c2[nH]ccc12. The lowest BCUT2D eigenvalue weighted by atomic mass is 9.56. The van der Waals surface area contributed by atoms with E-state index in [1.54, 1.807) is 19.2 Å². The minimum Gasteiger partial charge on any atom is -0.496 e. The second-order valence-electron chi connectivity index (χ2n) is 10.9. The highest BCUT2D eigenvalue weighted by molar-refractivity contribution is 5.88. The average molecular weight is 457 g/mol. The number of allylic oxidation sites excluding steroid dienone is 1. The highest BCUT2D eigenvalue weighted by Gasteiger charge is 2.59. The van der Waals surface area contributed by atoms with Crippen molar-refractivity contribution in [3.63, 3.8) is 0 Å². The number of aryl methyl sites for hydroxylation is 1. The van der Waals surface area contributed by atoms with E-state index in [1.807, 2.05) is 6.20 Å². The highest BCUT2D eigenvalue weighted by Crippen LogP contribution is 2.64. The molecule has 176 valence electrons. The first kappa shape index (κ1) is 21.5. The number of rotatable bonds is 5. The van der Waals surface area contributed by atoms with Gasteiger partial charge in [-0.25, -0.2) is 4.79 Å². The van der Waals surface area contributed by atoms with Gasteiger partial charge in [0.25, 0.3) is 0 Å². The summed E-state index contributed by atoms with van der Waals surface area (Å²) in [6, 6.07) is 12.5. The lowest BCUT2D eigenvalue weighted by Gasteiger charge is -2.58. The molecule has 1 aromatic heterocycles. The summed E-state index contributed by atoms with van der Waals surface area (Å²) in [5.74, 6) is 0.0672. The summed E-state index contributed by atoms with van der Waals surface area (Å²) in [6.45, 7) is 7.19. The number of fused-ring (bicyclic) bond motifs is 3. The molecule has 5 nitrogen and oxygen atoms in total. The number of methoxy groups -OCH3 is 1. The molecule has 2 N–H and O–H groups in total. The zero-order chi connectivity index (χ0) is 23.7. The Morgan fingerprint density at radius 3 is 2.71 bits per heavy atom. The molecule has 3 heterocycles. The monoisotopic (exact) mass is 456 g/mol. The van der Waals surface area contributed by atoms with Crippen LogP contribution in [0.3, 0.4) is 0 Å². The molecule has 34 heavy (non-hydrogen) atoms. The normalized spacial score (nSPS) is 25.6. The van der Waals surface area contributed by atoms with E-state index in [4.69, 9.17) is 4.74 Å². The highest BCUT2D eigenvalue weighted by atomic mass is 16.5. The van der Waals surface area contributed by atoms with Crippen molar-refractivity contribution in [2.24, 2.45) is 5.41 Å². The number of carboxylic acid groups (broad SMARTS) is 1. The van der Waals surface area contributed by atoms with E-state index >= 15 is 0 Å². The Labute approximate surface area is 200 Å². The van der Waals surface area contributed by atoms with E-state index in [2.05, 4.69) is 47.7 Å². The number of carbonyl (C=O) groups is 1. The molecule has 1 spiro atoms. The minimum atomic E-state index is -0.875. The number of carboxylic acids is 1. The molecular formula is C29H32N2O3. The molecule has 5 heteroatoms. The van der Waals surface area contributed by atoms with Crippen LogP contribution in [0.2, 0.25) is 0 Å². The van der Waals surface area contributed by atoms with Gasteiger partial charge >= 0.3 is 5.97 Å². The van der Waals surface area contributed by atoms with Gasteiger partial charge < -0.3 is 14.8 Å². The van der Waals surface area contributed by atoms with Crippen LogP contribution in [-0.4, -0.2) is 34.1 Å². The van der Waals surface area contributed by atoms with E-state index in [1.165, 1.54) is 46.0 Å². The minimum absolute atomic E-state index is 0.0980. The van der Waals surface area contributed by atoms with Gasteiger partial charge in [-0.05, 0) is 86.3 Å². The first-order chi connectivity index (χ1) is 16.3. The third-order valence-corrected chi connectivity index (χ3v) is 8.80. The van der Waals surface area contributed by atoms with Gasteiger partial charge in [0.1, 0.15) is 5.75 Å². The summed E-state index contributed by atoms with van der Waals surface area (Å²) in [5, 5.41) is 10.7. The molecular weight excluding hydrogens is 424 g/mol. The predicted octanol–water partition coefficient (Wildman–Crippen LogP) is 6.17. The Balaban J connectivity index is 1.46. The van der Waals surface area contributed by atoms with E-state index in [0.29, 0.717) is 17.0 Å². The van der Waals surface area contributed by atoms with Crippen LogP contribution in [-0.2, 0) is 12.1 Å². The molecule has 2 aliphatic heterocycles. The van der Waals surface area contributed by atoms with Crippen molar-refractivity contribution in [3.8, 4) is 5.75 Å². The first-order valence-electron chi connectivity index (χ1n) is 12.2. The van der Waals surface area contributed by atoms with Gasteiger partial charge in [0, 0.05) is 40.8 Å². The number of aromatic nitrogens is 1. The summed E-state index contributed by atoms with van der Waals surface area (Å²) >= 11 is 0. The molecule has 2 unspecified atom stereocenters. The Kier molecular flexibility index (Phi) is 4.72. The van der Waals surface area contributed by atoms with Crippen molar-refractivity contribution < 1.29 is 14.6 Å². The molecule has 0 amide bonds. The van der Waals surface area contributed by atoms with E-state index in [-0.39, 0.29) is 5.54 Å². The zero-order valence-corrected chi connectivity index (χ0v) is 20.0. The van der Waals surface area contributed by atoms with E-state index < -0.39 is 5.97 Å². The van der Waals surface area contributed by atoms with Crippen molar-refractivity contribution in [2.45, 2.75) is 63.6 Å².